The van der Waals surface area contributed by atoms with E-state index in [-0.39, 0.29) is 0 Å². The highest BCUT2D eigenvalue weighted by Gasteiger charge is 2.09. The fourth-order valence-electron chi connectivity index (χ4n) is 1.55. The SMILES string of the molecule is CNCc1ccc2nc(C(C)C)oc2c1. The molecule has 15 heavy (non-hydrogen) atoms. The average Bonchev–Trinajstić information content (AvgIpc) is 2.61. The van der Waals surface area contributed by atoms with E-state index < -0.39 is 0 Å². The number of rotatable bonds is 3. The molecule has 80 valence electrons. The Hall–Kier alpha value is -1.35. The largest absolute Gasteiger partial charge is 0.440 e. The van der Waals surface area contributed by atoms with Crippen molar-refractivity contribution in [1.82, 2.24) is 10.3 Å². The van der Waals surface area contributed by atoms with Crippen LogP contribution in [0.15, 0.2) is 22.6 Å². The first-order chi connectivity index (χ1) is 7.20. The van der Waals surface area contributed by atoms with Gasteiger partial charge in [0.2, 0.25) is 0 Å². The molecule has 0 aliphatic carbocycles. The van der Waals surface area contributed by atoms with E-state index in [1.54, 1.807) is 0 Å². The Morgan fingerprint density at radius 1 is 1.40 bits per heavy atom. The van der Waals surface area contributed by atoms with Crippen LogP contribution in [-0.4, -0.2) is 12.0 Å². The third-order valence-electron chi connectivity index (χ3n) is 2.34. The summed E-state index contributed by atoms with van der Waals surface area (Å²) in [6, 6.07) is 6.13. The lowest BCUT2D eigenvalue weighted by Crippen LogP contribution is -2.04. The molecule has 0 aliphatic rings. The van der Waals surface area contributed by atoms with Crippen molar-refractivity contribution in [3.63, 3.8) is 0 Å². The van der Waals surface area contributed by atoms with Crippen molar-refractivity contribution >= 4 is 11.1 Å². The van der Waals surface area contributed by atoms with Gasteiger partial charge in [-0.2, -0.15) is 0 Å². The van der Waals surface area contributed by atoms with Crippen LogP contribution in [0.3, 0.4) is 0 Å². The maximum atomic E-state index is 5.68. The van der Waals surface area contributed by atoms with Crippen molar-refractivity contribution in [3.8, 4) is 0 Å². The van der Waals surface area contributed by atoms with Gasteiger partial charge < -0.3 is 9.73 Å². The molecule has 0 atom stereocenters. The highest BCUT2D eigenvalue weighted by molar-refractivity contribution is 5.73. The minimum Gasteiger partial charge on any atom is -0.440 e. The summed E-state index contributed by atoms with van der Waals surface area (Å²) in [5.74, 6) is 1.15. The molecular weight excluding hydrogens is 188 g/mol. The third-order valence-corrected chi connectivity index (χ3v) is 2.34. The van der Waals surface area contributed by atoms with Gasteiger partial charge in [-0.25, -0.2) is 4.98 Å². The van der Waals surface area contributed by atoms with E-state index in [1.807, 2.05) is 19.2 Å². The summed E-state index contributed by atoms with van der Waals surface area (Å²) in [5, 5.41) is 3.12. The molecule has 1 heterocycles. The van der Waals surface area contributed by atoms with Gasteiger partial charge in [0.25, 0.3) is 0 Å². The molecule has 0 bridgehead atoms. The van der Waals surface area contributed by atoms with Gasteiger partial charge in [-0.3, -0.25) is 0 Å². The summed E-state index contributed by atoms with van der Waals surface area (Å²) in [4.78, 5) is 4.43. The summed E-state index contributed by atoms with van der Waals surface area (Å²) in [6.45, 7) is 5.02. The van der Waals surface area contributed by atoms with Gasteiger partial charge in [0.15, 0.2) is 11.5 Å². The molecule has 2 rings (SSSR count). The van der Waals surface area contributed by atoms with Crippen LogP contribution in [0.5, 0.6) is 0 Å². The summed E-state index contributed by atoms with van der Waals surface area (Å²) < 4.78 is 5.68. The van der Waals surface area contributed by atoms with Crippen molar-refractivity contribution < 1.29 is 4.42 Å². The van der Waals surface area contributed by atoms with Crippen LogP contribution in [-0.2, 0) is 6.54 Å². The number of nitrogens with zero attached hydrogens (tertiary/aromatic N) is 1. The van der Waals surface area contributed by atoms with Crippen molar-refractivity contribution in [2.24, 2.45) is 0 Å². The zero-order valence-corrected chi connectivity index (χ0v) is 9.37. The molecule has 0 unspecified atom stereocenters. The van der Waals surface area contributed by atoms with E-state index in [1.165, 1.54) is 5.56 Å². The van der Waals surface area contributed by atoms with E-state index in [0.29, 0.717) is 5.92 Å². The quantitative estimate of drug-likeness (QED) is 0.835. The molecule has 0 aliphatic heterocycles. The van der Waals surface area contributed by atoms with Crippen LogP contribution >= 0.6 is 0 Å². The number of oxazole rings is 1. The highest BCUT2D eigenvalue weighted by atomic mass is 16.3. The molecule has 0 spiro atoms. The van der Waals surface area contributed by atoms with Crippen LogP contribution in [0.25, 0.3) is 11.1 Å². The zero-order chi connectivity index (χ0) is 10.8. The molecule has 1 aromatic carbocycles. The fourth-order valence-corrected chi connectivity index (χ4v) is 1.55. The molecule has 3 nitrogen and oxygen atoms in total. The Morgan fingerprint density at radius 2 is 2.20 bits per heavy atom. The van der Waals surface area contributed by atoms with Crippen molar-refractivity contribution in [3.05, 3.63) is 29.7 Å². The summed E-state index contributed by atoms with van der Waals surface area (Å²) in [5.41, 5.74) is 3.04. The predicted molar refractivity (Wildman–Crippen MR) is 60.9 cm³/mol. The maximum Gasteiger partial charge on any atom is 0.198 e. The minimum atomic E-state index is 0.338. The molecule has 1 aromatic heterocycles. The topological polar surface area (TPSA) is 38.1 Å². The summed E-state index contributed by atoms with van der Waals surface area (Å²) >= 11 is 0. The Morgan fingerprint density at radius 3 is 2.87 bits per heavy atom. The molecule has 1 N–H and O–H groups in total. The lowest BCUT2D eigenvalue weighted by atomic mass is 10.2. The third kappa shape index (κ3) is 2.02. The standard InChI is InChI=1S/C12H16N2O/c1-8(2)12-14-10-5-4-9(7-13-3)6-11(10)15-12/h4-6,8,13H,7H2,1-3H3. The monoisotopic (exact) mass is 204 g/mol. The smallest absolute Gasteiger partial charge is 0.198 e. The lowest BCUT2D eigenvalue weighted by Gasteiger charge is -1.97. The molecule has 0 radical (unpaired) electrons. The van der Waals surface area contributed by atoms with Crippen LogP contribution in [0.1, 0.15) is 31.2 Å². The number of fused-ring (bicyclic) bond motifs is 1. The first-order valence-corrected chi connectivity index (χ1v) is 5.24. The normalized spacial score (nSPS) is 11.5. The summed E-state index contributed by atoms with van der Waals surface area (Å²) in [7, 11) is 1.93. The predicted octanol–water partition coefficient (Wildman–Crippen LogP) is 2.67. The molecule has 3 heteroatoms. The lowest BCUT2D eigenvalue weighted by molar-refractivity contribution is 0.501. The van der Waals surface area contributed by atoms with Crippen LogP contribution in [0.2, 0.25) is 0 Å². The molecule has 0 saturated heterocycles. The Labute approximate surface area is 89.5 Å². The molecular formula is C12H16N2O. The summed E-state index contributed by atoms with van der Waals surface area (Å²) in [6.07, 6.45) is 0. The average molecular weight is 204 g/mol. The number of nitrogens with one attached hydrogen (secondary N) is 1. The van der Waals surface area contributed by atoms with E-state index >= 15 is 0 Å². The van der Waals surface area contributed by atoms with Crippen LogP contribution in [0.4, 0.5) is 0 Å². The second kappa shape index (κ2) is 4.03. The fraction of sp³-hybridized carbons (Fsp3) is 0.417. The van der Waals surface area contributed by atoms with Gasteiger partial charge in [0, 0.05) is 12.5 Å². The van der Waals surface area contributed by atoms with Gasteiger partial charge in [-0.1, -0.05) is 19.9 Å². The second-order valence-corrected chi connectivity index (χ2v) is 4.04. The van der Waals surface area contributed by atoms with E-state index in [2.05, 4.69) is 30.2 Å². The number of aromatic nitrogens is 1. The second-order valence-electron chi connectivity index (χ2n) is 4.04. The van der Waals surface area contributed by atoms with Crippen LogP contribution < -0.4 is 5.32 Å². The number of benzene rings is 1. The van der Waals surface area contributed by atoms with Gasteiger partial charge in [-0.05, 0) is 24.7 Å². The highest BCUT2D eigenvalue weighted by Crippen LogP contribution is 2.21. The van der Waals surface area contributed by atoms with Crippen molar-refractivity contribution in [1.29, 1.82) is 0 Å². The van der Waals surface area contributed by atoms with Gasteiger partial charge >= 0.3 is 0 Å². The van der Waals surface area contributed by atoms with Crippen molar-refractivity contribution in [2.75, 3.05) is 7.05 Å². The van der Waals surface area contributed by atoms with Gasteiger partial charge in [-0.15, -0.1) is 0 Å². The molecule has 0 saturated carbocycles. The molecule has 0 amide bonds. The van der Waals surface area contributed by atoms with Gasteiger partial charge in [0.1, 0.15) is 5.52 Å². The Balaban J connectivity index is 2.43. The maximum absolute atomic E-state index is 5.68. The Kier molecular flexibility index (Phi) is 2.73. The number of hydrogen-bond acceptors (Lipinski definition) is 3. The van der Waals surface area contributed by atoms with Crippen LogP contribution in [0, 0.1) is 0 Å². The van der Waals surface area contributed by atoms with Crippen molar-refractivity contribution in [2.45, 2.75) is 26.3 Å². The van der Waals surface area contributed by atoms with E-state index in [0.717, 1.165) is 23.5 Å². The first-order valence-electron chi connectivity index (χ1n) is 5.24. The number of hydrogen-bond donors (Lipinski definition) is 1. The molecule has 0 fully saturated rings. The first kappa shape index (κ1) is 10.2. The van der Waals surface area contributed by atoms with E-state index in [4.69, 9.17) is 4.42 Å². The van der Waals surface area contributed by atoms with E-state index in [9.17, 15) is 0 Å². The minimum absolute atomic E-state index is 0.338. The zero-order valence-electron chi connectivity index (χ0n) is 9.37. The molecule has 2 aromatic rings. The van der Waals surface area contributed by atoms with Gasteiger partial charge in [0.05, 0.1) is 0 Å². The Bertz CT molecular complexity index is 460.